The van der Waals surface area contributed by atoms with Crippen LogP contribution >= 0.6 is 0 Å². The van der Waals surface area contributed by atoms with Crippen LogP contribution in [0.3, 0.4) is 0 Å². The number of aromatic nitrogens is 2. The molecule has 0 radical (unpaired) electrons. The molecule has 2 heterocycles. The Morgan fingerprint density at radius 2 is 2.15 bits per heavy atom. The third-order valence-electron chi connectivity index (χ3n) is 4.30. The molecule has 1 aromatic carbocycles. The monoisotopic (exact) mass is 359 g/mol. The number of para-hydroxylation sites is 1. The average molecular weight is 359 g/mol. The van der Waals surface area contributed by atoms with E-state index >= 15 is 0 Å². The van der Waals surface area contributed by atoms with Crippen molar-refractivity contribution >= 4 is 5.91 Å². The van der Waals surface area contributed by atoms with Gasteiger partial charge in [0.15, 0.2) is 0 Å². The van der Waals surface area contributed by atoms with E-state index in [4.69, 9.17) is 9.47 Å². The van der Waals surface area contributed by atoms with Crippen LogP contribution < -0.4 is 4.74 Å². The SMILES string of the molecule is O=C(CCCn1cccn1)N1CCOC[C@@](O)(COc2ccccc2)C1. The van der Waals surface area contributed by atoms with Gasteiger partial charge < -0.3 is 19.5 Å². The van der Waals surface area contributed by atoms with Crippen LogP contribution in [-0.2, 0) is 16.1 Å². The Kier molecular flexibility index (Phi) is 6.25. The molecule has 140 valence electrons. The molecule has 3 rings (SSSR count). The summed E-state index contributed by atoms with van der Waals surface area (Å²) < 4.78 is 13.0. The number of carbonyl (C=O) groups excluding carboxylic acids is 1. The summed E-state index contributed by atoms with van der Waals surface area (Å²) in [5.74, 6) is 0.697. The van der Waals surface area contributed by atoms with Crippen molar-refractivity contribution in [3.05, 3.63) is 48.8 Å². The summed E-state index contributed by atoms with van der Waals surface area (Å²) in [7, 11) is 0. The fourth-order valence-electron chi connectivity index (χ4n) is 2.93. The summed E-state index contributed by atoms with van der Waals surface area (Å²) in [6.45, 7) is 2.03. The molecule has 1 aromatic heterocycles. The smallest absolute Gasteiger partial charge is 0.222 e. The first-order valence-corrected chi connectivity index (χ1v) is 8.88. The maximum absolute atomic E-state index is 12.5. The Hall–Kier alpha value is -2.38. The van der Waals surface area contributed by atoms with E-state index in [-0.39, 0.29) is 25.7 Å². The van der Waals surface area contributed by atoms with Gasteiger partial charge >= 0.3 is 0 Å². The van der Waals surface area contributed by atoms with E-state index in [9.17, 15) is 9.90 Å². The molecule has 7 heteroatoms. The highest BCUT2D eigenvalue weighted by Crippen LogP contribution is 2.17. The van der Waals surface area contributed by atoms with Crippen LogP contribution in [0.5, 0.6) is 5.75 Å². The second-order valence-corrected chi connectivity index (χ2v) is 6.57. The van der Waals surface area contributed by atoms with Gasteiger partial charge in [0.2, 0.25) is 5.91 Å². The third-order valence-corrected chi connectivity index (χ3v) is 4.30. The Bertz CT molecular complexity index is 677. The van der Waals surface area contributed by atoms with Crippen LogP contribution in [0.1, 0.15) is 12.8 Å². The summed E-state index contributed by atoms with van der Waals surface area (Å²) >= 11 is 0. The molecule has 7 nitrogen and oxygen atoms in total. The quantitative estimate of drug-likeness (QED) is 0.807. The van der Waals surface area contributed by atoms with Gasteiger partial charge in [-0.05, 0) is 24.6 Å². The highest BCUT2D eigenvalue weighted by atomic mass is 16.5. The van der Waals surface area contributed by atoms with E-state index in [0.717, 1.165) is 0 Å². The van der Waals surface area contributed by atoms with E-state index in [1.165, 1.54) is 0 Å². The van der Waals surface area contributed by atoms with Crippen molar-refractivity contribution in [3.63, 3.8) is 0 Å². The van der Waals surface area contributed by atoms with Gasteiger partial charge in [-0.25, -0.2) is 0 Å². The zero-order chi connectivity index (χ0) is 18.2. The van der Waals surface area contributed by atoms with Gasteiger partial charge in [0.05, 0.1) is 19.8 Å². The number of hydrogen-bond donors (Lipinski definition) is 1. The summed E-state index contributed by atoms with van der Waals surface area (Å²) in [6, 6.07) is 11.2. The molecule has 0 saturated carbocycles. The Balaban J connectivity index is 1.51. The van der Waals surface area contributed by atoms with Gasteiger partial charge in [-0.1, -0.05) is 18.2 Å². The van der Waals surface area contributed by atoms with Crippen LogP contribution in [-0.4, -0.2) is 64.2 Å². The summed E-state index contributed by atoms with van der Waals surface area (Å²) in [4.78, 5) is 14.2. The molecule has 0 bridgehead atoms. The number of amides is 1. The number of carbonyl (C=O) groups is 1. The van der Waals surface area contributed by atoms with Crippen molar-refractivity contribution in [2.24, 2.45) is 0 Å². The lowest BCUT2D eigenvalue weighted by Crippen LogP contribution is -2.50. The Morgan fingerprint density at radius 3 is 2.92 bits per heavy atom. The zero-order valence-electron chi connectivity index (χ0n) is 14.8. The molecule has 2 aromatic rings. The molecular weight excluding hydrogens is 334 g/mol. The van der Waals surface area contributed by atoms with Crippen molar-refractivity contribution in [2.75, 3.05) is 32.9 Å². The third kappa shape index (κ3) is 5.31. The minimum absolute atomic E-state index is 0.0146. The van der Waals surface area contributed by atoms with Crippen LogP contribution in [0.2, 0.25) is 0 Å². The number of rotatable bonds is 7. The normalized spacial score (nSPS) is 20.6. The molecule has 1 N–H and O–H groups in total. The minimum atomic E-state index is -1.22. The topological polar surface area (TPSA) is 76.8 Å². The molecule has 1 aliphatic rings. The molecule has 1 atom stereocenters. The highest BCUT2D eigenvalue weighted by Gasteiger charge is 2.35. The van der Waals surface area contributed by atoms with Crippen LogP contribution in [0, 0.1) is 0 Å². The van der Waals surface area contributed by atoms with Gasteiger partial charge in [0, 0.05) is 31.9 Å². The van der Waals surface area contributed by atoms with E-state index in [0.29, 0.717) is 38.3 Å². The van der Waals surface area contributed by atoms with Gasteiger partial charge in [-0.3, -0.25) is 9.48 Å². The van der Waals surface area contributed by atoms with E-state index in [1.54, 1.807) is 11.1 Å². The number of hydrogen-bond acceptors (Lipinski definition) is 5. The maximum Gasteiger partial charge on any atom is 0.222 e. The molecule has 1 amide bonds. The lowest BCUT2D eigenvalue weighted by Gasteiger charge is -2.30. The number of benzene rings is 1. The van der Waals surface area contributed by atoms with E-state index in [2.05, 4.69) is 5.10 Å². The molecule has 0 unspecified atom stereocenters. The summed E-state index contributed by atoms with van der Waals surface area (Å²) in [5.41, 5.74) is -1.22. The summed E-state index contributed by atoms with van der Waals surface area (Å²) in [5, 5.41) is 15.0. The number of nitrogens with zero attached hydrogens (tertiary/aromatic N) is 3. The van der Waals surface area contributed by atoms with Gasteiger partial charge in [-0.15, -0.1) is 0 Å². The number of aliphatic hydroxyl groups is 1. The zero-order valence-corrected chi connectivity index (χ0v) is 14.8. The molecule has 1 saturated heterocycles. The second-order valence-electron chi connectivity index (χ2n) is 6.57. The fourth-order valence-corrected chi connectivity index (χ4v) is 2.93. The van der Waals surface area contributed by atoms with Crippen molar-refractivity contribution in [1.29, 1.82) is 0 Å². The van der Waals surface area contributed by atoms with E-state index < -0.39 is 5.60 Å². The van der Waals surface area contributed by atoms with Crippen molar-refractivity contribution < 1.29 is 19.4 Å². The number of ether oxygens (including phenoxy) is 2. The standard InChI is InChI=1S/C19H25N3O4/c23-18(8-4-10-22-11-5-9-20-22)21-12-13-25-15-19(24,14-21)16-26-17-6-2-1-3-7-17/h1-3,5-7,9,11,24H,4,8,10,12-16H2/t19-/m1/s1. The maximum atomic E-state index is 12.5. The second kappa shape index (κ2) is 8.82. The summed E-state index contributed by atoms with van der Waals surface area (Å²) in [6.07, 6.45) is 4.72. The van der Waals surface area contributed by atoms with Crippen molar-refractivity contribution in [2.45, 2.75) is 25.0 Å². The van der Waals surface area contributed by atoms with Crippen molar-refractivity contribution in [1.82, 2.24) is 14.7 Å². The number of β-amino-alcohol motifs (C(OH)–C–C–N with tert-alkyl or cyclic N) is 1. The fraction of sp³-hybridized carbons (Fsp3) is 0.474. The Labute approximate surface area is 153 Å². The predicted octanol–water partition coefficient (Wildman–Crippen LogP) is 1.33. The van der Waals surface area contributed by atoms with E-state index in [1.807, 2.05) is 47.3 Å². The lowest BCUT2D eigenvalue weighted by molar-refractivity contribution is -0.135. The molecule has 0 spiro atoms. The largest absolute Gasteiger partial charge is 0.490 e. The minimum Gasteiger partial charge on any atom is -0.490 e. The first kappa shape index (κ1) is 18.4. The van der Waals surface area contributed by atoms with Gasteiger partial charge in [-0.2, -0.15) is 5.10 Å². The van der Waals surface area contributed by atoms with Crippen LogP contribution in [0.15, 0.2) is 48.8 Å². The highest BCUT2D eigenvalue weighted by molar-refractivity contribution is 5.76. The van der Waals surface area contributed by atoms with Gasteiger partial charge in [0.1, 0.15) is 18.0 Å². The average Bonchev–Trinajstić information content (AvgIpc) is 3.09. The first-order valence-electron chi connectivity index (χ1n) is 8.88. The first-order chi connectivity index (χ1) is 12.6. The molecule has 0 aliphatic carbocycles. The molecule has 26 heavy (non-hydrogen) atoms. The van der Waals surface area contributed by atoms with Crippen molar-refractivity contribution in [3.8, 4) is 5.75 Å². The molecular formula is C19H25N3O4. The lowest BCUT2D eigenvalue weighted by atomic mass is 10.1. The van der Waals surface area contributed by atoms with Crippen LogP contribution in [0.4, 0.5) is 0 Å². The molecule has 1 aliphatic heterocycles. The van der Waals surface area contributed by atoms with Gasteiger partial charge in [0.25, 0.3) is 0 Å². The Morgan fingerprint density at radius 1 is 1.31 bits per heavy atom. The molecule has 1 fully saturated rings. The predicted molar refractivity (Wildman–Crippen MR) is 95.7 cm³/mol. The van der Waals surface area contributed by atoms with Crippen LogP contribution in [0.25, 0.3) is 0 Å². The number of aryl methyl sites for hydroxylation is 1.